The number of benzene rings is 2. The summed E-state index contributed by atoms with van der Waals surface area (Å²) in [4.78, 5) is 24.0. The summed E-state index contributed by atoms with van der Waals surface area (Å²) >= 11 is 0. The van der Waals surface area contributed by atoms with E-state index >= 15 is 0 Å². The van der Waals surface area contributed by atoms with E-state index in [-0.39, 0.29) is 30.7 Å². The second kappa shape index (κ2) is 7.47. The van der Waals surface area contributed by atoms with Gasteiger partial charge in [0.2, 0.25) is 5.75 Å². The van der Waals surface area contributed by atoms with Crippen LogP contribution < -0.4 is 14.2 Å². The van der Waals surface area contributed by atoms with Crippen LogP contribution in [0.15, 0.2) is 30.3 Å². The fourth-order valence-electron chi connectivity index (χ4n) is 2.98. The van der Waals surface area contributed by atoms with E-state index in [1.165, 1.54) is 14.2 Å². The van der Waals surface area contributed by atoms with Crippen LogP contribution in [0.2, 0.25) is 0 Å². The summed E-state index contributed by atoms with van der Waals surface area (Å²) in [6, 6.07) is 8.88. The van der Waals surface area contributed by atoms with E-state index in [0.29, 0.717) is 29.0 Å². The van der Waals surface area contributed by atoms with Crippen LogP contribution in [0.25, 0.3) is 11.1 Å². The highest BCUT2D eigenvalue weighted by Gasteiger charge is 2.27. The summed E-state index contributed by atoms with van der Waals surface area (Å²) in [5, 5.41) is 0. The molecule has 26 heavy (non-hydrogen) atoms. The summed E-state index contributed by atoms with van der Waals surface area (Å²) in [7, 11) is 3.00. The summed E-state index contributed by atoms with van der Waals surface area (Å²) in [5.74, 6) is 0.345. The quantitative estimate of drug-likeness (QED) is 0.580. The van der Waals surface area contributed by atoms with E-state index in [9.17, 15) is 9.59 Å². The van der Waals surface area contributed by atoms with E-state index < -0.39 is 0 Å². The molecule has 0 bridgehead atoms. The Kier molecular flexibility index (Phi) is 5.11. The first-order valence-electron chi connectivity index (χ1n) is 8.35. The number of methoxy groups -OCH3 is 2. The van der Waals surface area contributed by atoms with Gasteiger partial charge in [-0.1, -0.05) is 19.1 Å². The molecule has 0 spiro atoms. The predicted molar refractivity (Wildman–Crippen MR) is 94.6 cm³/mol. The Morgan fingerprint density at radius 1 is 1.04 bits per heavy atom. The van der Waals surface area contributed by atoms with Crippen LogP contribution in [0, 0.1) is 0 Å². The summed E-state index contributed by atoms with van der Waals surface area (Å²) in [6.07, 6.45) is 0.956. The number of esters is 2. The van der Waals surface area contributed by atoms with Crippen molar-refractivity contribution in [2.45, 2.75) is 26.4 Å². The molecule has 1 heterocycles. The fraction of sp³-hybridized carbons (Fsp3) is 0.300. The molecular weight excluding hydrogens is 336 g/mol. The van der Waals surface area contributed by atoms with Crippen molar-refractivity contribution in [3.8, 4) is 28.4 Å². The van der Waals surface area contributed by atoms with Gasteiger partial charge in [-0.15, -0.1) is 0 Å². The van der Waals surface area contributed by atoms with Crippen LogP contribution in [0.1, 0.15) is 35.7 Å². The molecule has 0 aliphatic carbocycles. The molecule has 0 saturated heterocycles. The monoisotopic (exact) mass is 356 g/mol. The van der Waals surface area contributed by atoms with E-state index in [1.807, 2.05) is 13.0 Å². The van der Waals surface area contributed by atoms with Gasteiger partial charge in [0.15, 0.2) is 11.5 Å². The minimum Gasteiger partial charge on any atom is -0.493 e. The zero-order valence-electron chi connectivity index (χ0n) is 15.0. The predicted octanol–water partition coefficient (Wildman–Crippen LogP) is 3.75. The number of hydrogen-bond acceptors (Lipinski definition) is 6. The summed E-state index contributed by atoms with van der Waals surface area (Å²) in [6.45, 7) is 2.08. The van der Waals surface area contributed by atoms with Crippen molar-refractivity contribution in [3.05, 3.63) is 41.5 Å². The van der Waals surface area contributed by atoms with Gasteiger partial charge in [0.1, 0.15) is 6.61 Å². The third-order valence-electron chi connectivity index (χ3n) is 4.20. The van der Waals surface area contributed by atoms with E-state index in [0.717, 1.165) is 11.1 Å². The van der Waals surface area contributed by atoms with Crippen LogP contribution in [0.5, 0.6) is 17.2 Å². The Morgan fingerprint density at radius 3 is 2.50 bits per heavy atom. The molecule has 6 heteroatoms. The lowest BCUT2D eigenvalue weighted by molar-refractivity contribution is -0.134. The van der Waals surface area contributed by atoms with Crippen molar-refractivity contribution < 1.29 is 28.5 Å². The number of fused-ring (bicyclic) bond motifs is 1. The first-order valence-corrected chi connectivity index (χ1v) is 8.35. The van der Waals surface area contributed by atoms with Gasteiger partial charge >= 0.3 is 11.9 Å². The Labute approximate surface area is 151 Å². The van der Waals surface area contributed by atoms with Gasteiger partial charge in [-0.25, -0.2) is 4.79 Å². The van der Waals surface area contributed by atoms with Crippen LogP contribution >= 0.6 is 0 Å². The Hall–Kier alpha value is -3.02. The van der Waals surface area contributed by atoms with E-state index in [1.54, 1.807) is 24.3 Å². The molecule has 0 radical (unpaired) electrons. The lowest BCUT2D eigenvalue weighted by Gasteiger charge is -2.17. The molecule has 0 aromatic heterocycles. The Balaban J connectivity index is 2.19. The molecule has 1 aliphatic rings. The maximum absolute atomic E-state index is 12.2. The van der Waals surface area contributed by atoms with Gasteiger partial charge in [0.05, 0.1) is 19.8 Å². The Bertz CT molecular complexity index is 856. The molecule has 136 valence electrons. The first-order chi connectivity index (χ1) is 12.6. The third-order valence-corrected chi connectivity index (χ3v) is 4.20. The number of carbonyl (C=O) groups excluding carboxylic acids is 2. The van der Waals surface area contributed by atoms with Crippen molar-refractivity contribution in [1.82, 2.24) is 0 Å². The number of hydrogen-bond donors (Lipinski definition) is 0. The second-order valence-electron chi connectivity index (χ2n) is 5.81. The van der Waals surface area contributed by atoms with Crippen molar-refractivity contribution in [2.24, 2.45) is 0 Å². The number of rotatable bonds is 6. The third kappa shape index (κ3) is 3.10. The standard InChI is InChI=1S/C20H20O6/c1-4-6-17(21)26-18-13(9-10-16(23-2)19(18)24-3)12-7-5-8-14-15(12)11-25-20(14)22/h5,7-10H,4,6,11H2,1-3H3. The molecule has 2 aromatic carbocycles. The molecule has 1 aliphatic heterocycles. The topological polar surface area (TPSA) is 71.1 Å². The average molecular weight is 356 g/mol. The molecule has 0 saturated carbocycles. The van der Waals surface area contributed by atoms with Crippen LogP contribution in [0.3, 0.4) is 0 Å². The van der Waals surface area contributed by atoms with Crippen molar-refractivity contribution in [1.29, 1.82) is 0 Å². The molecule has 0 amide bonds. The zero-order chi connectivity index (χ0) is 18.7. The average Bonchev–Trinajstić information content (AvgIpc) is 3.03. The molecule has 0 N–H and O–H groups in total. The fourth-order valence-corrected chi connectivity index (χ4v) is 2.98. The van der Waals surface area contributed by atoms with E-state index in [2.05, 4.69) is 0 Å². The molecule has 3 rings (SSSR count). The molecule has 0 atom stereocenters. The summed E-state index contributed by atoms with van der Waals surface area (Å²) in [5.41, 5.74) is 2.68. The molecule has 0 unspecified atom stereocenters. The van der Waals surface area contributed by atoms with Crippen molar-refractivity contribution in [3.63, 3.8) is 0 Å². The van der Waals surface area contributed by atoms with Gasteiger partial charge in [-0.2, -0.15) is 0 Å². The Morgan fingerprint density at radius 2 is 1.81 bits per heavy atom. The van der Waals surface area contributed by atoms with Gasteiger partial charge < -0.3 is 18.9 Å². The lowest BCUT2D eigenvalue weighted by atomic mass is 9.95. The highest BCUT2D eigenvalue weighted by Crippen LogP contribution is 2.46. The van der Waals surface area contributed by atoms with Gasteiger partial charge in [-0.05, 0) is 30.2 Å². The van der Waals surface area contributed by atoms with Crippen molar-refractivity contribution >= 4 is 11.9 Å². The minimum absolute atomic E-state index is 0.182. The lowest BCUT2D eigenvalue weighted by Crippen LogP contribution is -2.09. The zero-order valence-corrected chi connectivity index (χ0v) is 15.0. The number of cyclic esters (lactones) is 1. The van der Waals surface area contributed by atoms with E-state index in [4.69, 9.17) is 18.9 Å². The van der Waals surface area contributed by atoms with Crippen LogP contribution in [0.4, 0.5) is 0 Å². The second-order valence-corrected chi connectivity index (χ2v) is 5.81. The first kappa shape index (κ1) is 17.8. The smallest absolute Gasteiger partial charge is 0.338 e. The maximum Gasteiger partial charge on any atom is 0.338 e. The summed E-state index contributed by atoms with van der Waals surface area (Å²) < 4.78 is 21.5. The highest BCUT2D eigenvalue weighted by atomic mass is 16.6. The molecular formula is C20H20O6. The molecule has 0 fully saturated rings. The van der Waals surface area contributed by atoms with Crippen molar-refractivity contribution in [2.75, 3.05) is 14.2 Å². The van der Waals surface area contributed by atoms with Gasteiger partial charge in [0.25, 0.3) is 0 Å². The minimum atomic E-state index is -0.361. The normalized spacial score (nSPS) is 12.3. The molecule has 6 nitrogen and oxygen atoms in total. The maximum atomic E-state index is 12.2. The van der Waals surface area contributed by atoms with Gasteiger partial charge in [-0.3, -0.25) is 4.79 Å². The number of ether oxygens (including phenoxy) is 4. The SMILES string of the molecule is CCCC(=O)Oc1c(-c2cccc3c2COC3=O)ccc(OC)c1OC. The van der Waals surface area contributed by atoms with Gasteiger partial charge in [0, 0.05) is 17.5 Å². The number of carbonyl (C=O) groups is 2. The molecule has 2 aromatic rings. The van der Waals surface area contributed by atoms with Crippen LogP contribution in [-0.4, -0.2) is 26.2 Å². The largest absolute Gasteiger partial charge is 0.493 e. The van der Waals surface area contributed by atoms with Crippen LogP contribution in [-0.2, 0) is 16.1 Å². The highest BCUT2D eigenvalue weighted by molar-refractivity contribution is 5.97.